The third-order valence-corrected chi connectivity index (χ3v) is 8.27. The van der Waals surface area contributed by atoms with Crippen molar-refractivity contribution in [2.45, 2.75) is 0 Å². The Kier molecular flexibility index (Phi) is 6.70. The van der Waals surface area contributed by atoms with E-state index in [1.165, 1.54) is 21.9 Å². The second kappa shape index (κ2) is 10.9. The first-order chi connectivity index (χ1) is 20.2. The zero-order chi connectivity index (χ0) is 27.6. The molecule has 7 rings (SSSR count). The van der Waals surface area contributed by atoms with Gasteiger partial charge < -0.3 is 0 Å². The normalized spacial score (nSPS) is 11.0. The summed E-state index contributed by atoms with van der Waals surface area (Å²) in [6.07, 6.45) is 0. The van der Waals surface area contributed by atoms with Gasteiger partial charge in [0.05, 0.1) is 0 Å². The number of rotatable bonds is 5. The molecule has 0 N–H and O–H groups in total. The van der Waals surface area contributed by atoms with E-state index in [1.54, 1.807) is 0 Å². The number of fused-ring (bicyclic) bond motifs is 1. The van der Waals surface area contributed by atoms with Crippen LogP contribution in [0.3, 0.4) is 0 Å². The Balaban J connectivity index is 1.29. The molecule has 0 unspecified atom stereocenters. The molecule has 0 radical (unpaired) electrons. The van der Waals surface area contributed by atoms with Crippen molar-refractivity contribution in [1.82, 2.24) is 15.0 Å². The van der Waals surface area contributed by atoms with Gasteiger partial charge in [0.15, 0.2) is 0 Å². The van der Waals surface area contributed by atoms with E-state index in [0.29, 0.717) is 17.5 Å². The first kappa shape index (κ1) is 25.1. The molecule has 41 heavy (non-hydrogen) atoms. The zero-order valence-electron chi connectivity index (χ0n) is 22.1. The monoisotopic (exact) mass is 591 g/mol. The molecule has 1 heterocycles. The number of aromatic nitrogens is 3. The Morgan fingerprint density at radius 1 is 0.341 bits per heavy atom. The molecule has 0 aliphatic heterocycles. The van der Waals surface area contributed by atoms with Crippen molar-refractivity contribution in [3.63, 3.8) is 0 Å². The maximum atomic E-state index is 4.94. The summed E-state index contributed by atoms with van der Waals surface area (Å²) in [6.45, 7) is 0. The second-order valence-electron chi connectivity index (χ2n) is 9.88. The number of nitrogens with zero attached hydrogens (tertiary/aromatic N) is 3. The first-order valence-electron chi connectivity index (χ1n) is 13.5. The molecule has 4 heteroatoms. The molecular formula is C37H25N3Se. The molecule has 0 saturated carbocycles. The SMILES string of the molecule is [SeH]c1c(-c2ccc(-c3ccc4ccccc4c3)cc2)cccc1-c1nc(-c2ccccc2)nc(-c2ccccc2)n1. The van der Waals surface area contributed by atoms with Crippen LogP contribution in [-0.4, -0.2) is 31.0 Å². The zero-order valence-corrected chi connectivity index (χ0v) is 24.0. The Hall–Kier alpha value is -4.89. The number of benzene rings is 6. The third-order valence-electron chi connectivity index (χ3n) is 7.26. The fourth-order valence-corrected chi connectivity index (χ4v) is 5.89. The van der Waals surface area contributed by atoms with Gasteiger partial charge in [0.25, 0.3) is 0 Å². The molecule has 0 atom stereocenters. The Morgan fingerprint density at radius 3 is 1.51 bits per heavy atom. The molecule has 0 amide bonds. The van der Waals surface area contributed by atoms with Crippen LogP contribution < -0.4 is 4.46 Å². The molecule has 0 aliphatic carbocycles. The number of hydrogen-bond acceptors (Lipinski definition) is 3. The third kappa shape index (κ3) is 5.07. The van der Waals surface area contributed by atoms with E-state index in [1.807, 2.05) is 60.7 Å². The molecule has 6 aromatic carbocycles. The van der Waals surface area contributed by atoms with Crippen LogP contribution in [-0.2, 0) is 0 Å². The average Bonchev–Trinajstić information content (AvgIpc) is 3.05. The second-order valence-corrected chi connectivity index (χ2v) is 10.8. The fourth-order valence-electron chi connectivity index (χ4n) is 5.10. The summed E-state index contributed by atoms with van der Waals surface area (Å²) in [4.78, 5) is 14.7. The summed E-state index contributed by atoms with van der Waals surface area (Å²) in [7, 11) is 0. The molecule has 3 nitrogen and oxygen atoms in total. The summed E-state index contributed by atoms with van der Waals surface area (Å²) in [6, 6.07) is 50.3. The van der Waals surface area contributed by atoms with Crippen molar-refractivity contribution in [2.24, 2.45) is 0 Å². The Bertz CT molecular complexity index is 1930. The van der Waals surface area contributed by atoms with Gasteiger partial charge in [-0.3, -0.25) is 0 Å². The predicted octanol–water partition coefficient (Wildman–Crippen LogP) is 7.89. The Labute approximate surface area is 247 Å². The maximum absolute atomic E-state index is 4.94. The molecule has 194 valence electrons. The van der Waals surface area contributed by atoms with Gasteiger partial charge in [-0.25, -0.2) is 0 Å². The molecule has 0 aliphatic rings. The fraction of sp³-hybridized carbons (Fsp3) is 0. The van der Waals surface area contributed by atoms with Crippen LogP contribution in [0, 0.1) is 0 Å². The van der Waals surface area contributed by atoms with Crippen molar-refractivity contribution < 1.29 is 0 Å². The van der Waals surface area contributed by atoms with Crippen LogP contribution in [0.4, 0.5) is 0 Å². The van der Waals surface area contributed by atoms with E-state index in [0.717, 1.165) is 32.3 Å². The van der Waals surface area contributed by atoms with Gasteiger partial charge in [0.1, 0.15) is 0 Å². The minimum absolute atomic E-state index is 0.656. The van der Waals surface area contributed by atoms with Crippen LogP contribution in [0.2, 0.25) is 0 Å². The molecule has 0 saturated heterocycles. The van der Waals surface area contributed by atoms with Crippen LogP contribution in [0.15, 0.2) is 146 Å². The standard InChI is InChI=1S/C37H25N3Se/c41-34-32(27-21-18-26(19-22-27)31-23-20-25-10-7-8-15-30(25)24-31)16-9-17-33(34)37-39-35(28-11-3-1-4-12-28)38-36(40-37)29-13-5-2-6-14-29/h1-24,41H. The van der Waals surface area contributed by atoms with Crippen molar-refractivity contribution in [1.29, 1.82) is 0 Å². The van der Waals surface area contributed by atoms with E-state index < -0.39 is 0 Å². The van der Waals surface area contributed by atoms with Crippen molar-refractivity contribution in [3.05, 3.63) is 146 Å². The Morgan fingerprint density at radius 2 is 0.854 bits per heavy atom. The van der Waals surface area contributed by atoms with E-state index >= 15 is 0 Å². The van der Waals surface area contributed by atoms with Crippen LogP contribution in [0.1, 0.15) is 0 Å². The van der Waals surface area contributed by atoms with E-state index in [-0.39, 0.29) is 0 Å². The van der Waals surface area contributed by atoms with Gasteiger partial charge in [-0.1, -0.05) is 0 Å². The minimum atomic E-state index is 0.656. The van der Waals surface area contributed by atoms with Crippen molar-refractivity contribution in [2.75, 3.05) is 0 Å². The topological polar surface area (TPSA) is 38.7 Å². The van der Waals surface area contributed by atoms with Gasteiger partial charge in [0, 0.05) is 0 Å². The van der Waals surface area contributed by atoms with Gasteiger partial charge in [-0.15, -0.1) is 0 Å². The van der Waals surface area contributed by atoms with Gasteiger partial charge >= 0.3 is 248 Å². The van der Waals surface area contributed by atoms with Gasteiger partial charge in [-0.05, 0) is 0 Å². The quantitative estimate of drug-likeness (QED) is 0.192. The summed E-state index contributed by atoms with van der Waals surface area (Å²) in [5.74, 6) is 1.97. The van der Waals surface area contributed by atoms with E-state index in [4.69, 9.17) is 15.0 Å². The molecular weight excluding hydrogens is 565 g/mol. The predicted molar refractivity (Wildman–Crippen MR) is 171 cm³/mol. The van der Waals surface area contributed by atoms with Crippen molar-refractivity contribution >= 4 is 31.2 Å². The molecule has 7 aromatic rings. The summed E-state index contributed by atoms with van der Waals surface area (Å²) in [5, 5.41) is 2.50. The average molecular weight is 591 g/mol. The number of hydrogen-bond donors (Lipinski definition) is 0. The van der Waals surface area contributed by atoms with Crippen LogP contribution >= 0.6 is 0 Å². The summed E-state index contributed by atoms with van der Waals surface area (Å²) < 4.78 is 1.07. The molecule has 0 spiro atoms. The van der Waals surface area contributed by atoms with Crippen LogP contribution in [0.5, 0.6) is 0 Å². The van der Waals surface area contributed by atoms with Crippen molar-refractivity contribution in [3.8, 4) is 56.4 Å². The first-order valence-corrected chi connectivity index (χ1v) is 14.5. The molecule has 0 fully saturated rings. The summed E-state index contributed by atoms with van der Waals surface area (Å²) >= 11 is 2.73. The summed E-state index contributed by atoms with van der Waals surface area (Å²) in [5.41, 5.74) is 7.58. The molecule has 0 bridgehead atoms. The van der Waals surface area contributed by atoms with Gasteiger partial charge in [-0.2, -0.15) is 0 Å². The van der Waals surface area contributed by atoms with E-state index in [9.17, 15) is 0 Å². The van der Waals surface area contributed by atoms with E-state index in [2.05, 4.69) is 101 Å². The molecule has 1 aromatic heterocycles. The van der Waals surface area contributed by atoms with Gasteiger partial charge in [0.2, 0.25) is 0 Å². The van der Waals surface area contributed by atoms with Crippen LogP contribution in [0.25, 0.3) is 67.2 Å².